The molecule has 0 saturated heterocycles. The Bertz CT molecular complexity index is 1300. The van der Waals surface area contributed by atoms with E-state index in [1.54, 1.807) is 12.1 Å². The van der Waals surface area contributed by atoms with E-state index >= 15 is 0 Å². The van der Waals surface area contributed by atoms with Gasteiger partial charge in [-0.15, -0.1) is 12.6 Å². The number of amides is 3. The van der Waals surface area contributed by atoms with E-state index in [1.807, 2.05) is 54.6 Å². The molecule has 4 aromatic carbocycles. The van der Waals surface area contributed by atoms with Crippen LogP contribution in [0.2, 0.25) is 10.0 Å². The second-order valence-electron chi connectivity index (χ2n) is 6.73. The lowest BCUT2D eigenvalue weighted by molar-refractivity contribution is 0.0967. The number of fused-ring (bicyclic) bond motifs is 1. The molecular weight excluding hydrogens is 451 g/mol. The number of carbonyl (C=O) groups is 2. The van der Waals surface area contributed by atoms with Crippen LogP contribution in [0, 0.1) is 0 Å². The molecule has 0 atom stereocenters. The van der Waals surface area contributed by atoms with E-state index in [4.69, 9.17) is 23.2 Å². The Hall–Kier alpha value is -2.99. The van der Waals surface area contributed by atoms with E-state index < -0.39 is 11.9 Å². The molecule has 0 bridgehead atoms. The second kappa shape index (κ2) is 9.02. The van der Waals surface area contributed by atoms with Crippen molar-refractivity contribution in [1.82, 2.24) is 5.32 Å². The molecule has 0 aliphatic carbocycles. The summed E-state index contributed by atoms with van der Waals surface area (Å²) in [7, 11) is 0. The number of hydrogen-bond acceptors (Lipinski definition) is 3. The van der Waals surface area contributed by atoms with Crippen LogP contribution in [0.4, 0.5) is 10.5 Å². The molecule has 0 aliphatic rings. The lowest BCUT2D eigenvalue weighted by atomic mass is 9.98. The number of rotatable bonds is 3. The van der Waals surface area contributed by atoms with Crippen LogP contribution in [0.5, 0.6) is 0 Å². The van der Waals surface area contributed by atoms with E-state index in [2.05, 4.69) is 23.3 Å². The molecule has 4 nitrogen and oxygen atoms in total. The van der Waals surface area contributed by atoms with Crippen molar-refractivity contribution in [2.75, 3.05) is 5.32 Å². The van der Waals surface area contributed by atoms with Crippen LogP contribution in [0.15, 0.2) is 83.8 Å². The minimum atomic E-state index is -0.716. The SMILES string of the molecule is O=C(NC(=O)c1c(Cl)cccc1Cl)Nc1cccc(-c2cccc3ccccc23)c1S. The summed E-state index contributed by atoms with van der Waals surface area (Å²) in [5.41, 5.74) is 2.35. The molecule has 0 heterocycles. The normalized spacial score (nSPS) is 10.7. The van der Waals surface area contributed by atoms with E-state index in [1.165, 1.54) is 12.1 Å². The van der Waals surface area contributed by atoms with Crippen LogP contribution in [-0.2, 0) is 0 Å². The molecule has 154 valence electrons. The Balaban J connectivity index is 1.60. The van der Waals surface area contributed by atoms with Crippen molar-refractivity contribution in [2.45, 2.75) is 4.90 Å². The van der Waals surface area contributed by atoms with Crippen LogP contribution in [0.1, 0.15) is 10.4 Å². The van der Waals surface area contributed by atoms with E-state index in [9.17, 15) is 9.59 Å². The molecule has 31 heavy (non-hydrogen) atoms. The standard InChI is InChI=1S/C24H16Cl2N2O2S/c25-18-11-5-12-19(26)21(18)23(29)28-24(30)27-20-13-4-10-17(22(20)31)16-9-3-7-14-6-1-2-8-15(14)16/h1-13,31H,(H2,27,28,29,30). The largest absolute Gasteiger partial charge is 0.326 e. The molecule has 3 amide bonds. The van der Waals surface area contributed by atoms with Gasteiger partial charge in [0.15, 0.2) is 0 Å². The van der Waals surface area contributed by atoms with Crippen molar-refractivity contribution in [3.8, 4) is 11.1 Å². The molecule has 0 aromatic heterocycles. The summed E-state index contributed by atoms with van der Waals surface area (Å²) in [6, 6.07) is 23.5. The van der Waals surface area contributed by atoms with Gasteiger partial charge in [-0.3, -0.25) is 10.1 Å². The summed E-state index contributed by atoms with van der Waals surface area (Å²) in [6.45, 7) is 0. The van der Waals surface area contributed by atoms with Crippen molar-refractivity contribution in [1.29, 1.82) is 0 Å². The van der Waals surface area contributed by atoms with Crippen LogP contribution in [0.3, 0.4) is 0 Å². The van der Waals surface area contributed by atoms with Gasteiger partial charge < -0.3 is 5.32 Å². The average molecular weight is 467 g/mol. The lowest BCUT2D eigenvalue weighted by Crippen LogP contribution is -2.34. The highest BCUT2D eigenvalue weighted by Gasteiger charge is 2.18. The highest BCUT2D eigenvalue weighted by molar-refractivity contribution is 7.80. The number of nitrogens with one attached hydrogen (secondary N) is 2. The predicted octanol–water partition coefficient (Wildman–Crippen LogP) is 7.06. The maximum absolute atomic E-state index is 12.5. The number of imide groups is 1. The summed E-state index contributed by atoms with van der Waals surface area (Å²) in [5.74, 6) is -0.695. The second-order valence-corrected chi connectivity index (χ2v) is 7.99. The maximum atomic E-state index is 12.5. The van der Waals surface area contributed by atoms with Gasteiger partial charge in [-0.1, -0.05) is 83.9 Å². The van der Waals surface area contributed by atoms with Gasteiger partial charge in [0.05, 0.1) is 21.3 Å². The first-order valence-corrected chi connectivity index (χ1v) is 10.5. The Morgan fingerprint density at radius 1 is 0.742 bits per heavy atom. The van der Waals surface area contributed by atoms with E-state index in [0.29, 0.717) is 10.6 Å². The summed E-state index contributed by atoms with van der Waals surface area (Å²) in [4.78, 5) is 25.5. The molecular formula is C24H16Cl2N2O2S. The van der Waals surface area contributed by atoms with Gasteiger partial charge in [0.2, 0.25) is 0 Å². The fourth-order valence-electron chi connectivity index (χ4n) is 3.36. The van der Waals surface area contributed by atoms with Gasteiger partial charge in [-0.2, -0.15) is 0 Å². The van der Waals surface area contributed by atoms with Gasteiger partial charge >= 0.3 is 6.03 Å². The van der Waals surface area contributed by atoms with Crippen LogP contribution in [-0.4, -0.2) is 11.9 Å². The van der Waals surface area contributed by atoms with E-state index in [-0.39, 0.29) is 15.6 Å². The van der Waals surface area contributed by atoms with Gasteiger partial charge in [0.25, 0.3) is 5.91 Å². The molecule has 0 aliphatic heterocycles. The summed E-state index contributed by atoms with van der Waals surface area (Å²) >= 11 is 16.7. The number of thiol groups is 1. The number of benzene rings is 4. The van der Waals surface area contributed by atoms with E-state index in [0.717, 1.165) is 21.9 Å². The zero-order valence-corrected chi connectivity index (χ0v) is 18.4. The Kier molecular flexibility index (Phi) is 6.18. The van der Waals surface area contributed by atoms with Crippen molar-refractivity contribution < 1.29 is 9.59 Å². The highest BCUT2D eigenvalue weighted by atomic mass is 35.5. The van der Waals surface area contributed by atoms with Gasteiger partial charge in [-0.25, -0.2) is 4.79 Å². The molecule has 0 radical (unpaired) electrons. The minimum Gasteiger partial charge on any atom is -0.307 e. The molecule has 0 fully saturated rings. The number of carbonyl (C=O) groups excluding carboxylic acids is 2. The number of urea groups is 1. The van der Waals surface area contributed by atoms with Crippen LogP contribution < -0.4 is 10.6 Å². The zero-order chi connectivity index (χ0) is 22.0. The minimum absolute atomic E-state index is 0.0385. The zero-order valence-electron chi connectivity index (χ0n) is 16.0. The smallest absolute Gasteiger partial charge is 0.307 e. The first-order chi connectivity index (χ1) is 15.0. The maximum Gasteiger partial charge on any atom is 0.326 e. The third kappa shape index (κ3) is 4.39. The first-order valence-electron chi connectivity index (χ1n) is 9.32. The van der Waals surface area contributed by atoms with Crippen LogP contribution >= 0.6 is 35.8 Å². The monoisotopic (exact) mass is 466 g/mol. The Morgan fingerprint density at radius 2 is 1.35 bits per heavy atom. The van der Waals surface area contributed by atoms with Crippen molar-refractivity contribution in [3.05, 3.63) is 94.5 Å². The topological polar surface area (TPSA) is 58.2 Å². The Morgan fingerprint density at radius 3 is 2.13 bits per heavy atom. The summed E-state index contributed by atoms with van der Waals surface area (Å²) < 4.78 is 0. The van der Waals surface area contributed by atoms with Gasteiger partial charge in [-0.05, 0) is 40.1 Å². The molecule has 7 heteroatoms. The van der Waals surface area contributed by atoms with Gasteiger partial charge in [0.1, 0.15) is 0 Å². The number of halogens is 2. The number of hydrogen-bond donors (Lipinski definition) is 3. The lowest BCUT2D eigenvalue weighted by Gasteiger charge is -2.14. The Labute approximate surface area is 194 Å². The summed E-state index contributed by atoms with van der Waals surface area (Å²) in [6.07, 6.45) is 0. The molecule has 0 saturated carbocycles. The molecule has 4 rings (SSSR count). The molecule has 2 N–H and O–H groups in total. The van der Waals surface area contributed by atoms with Crippen molar-refractivity contribution in [3.63, 3.8) is 0 Å². The fraction of sp³-hybridized carbons (Fsp3) is 0. The summed E-state index contributed by atoms with van der Waals surface area (Å²) in [5, 5.41) is 7.42. The predicted molar refractivity (Wildman–Crippen MR) is 130 cm³/mol. The first kappa shape index (κ1) is 21.2. The average Bonchev–Trinajstić information content (AvgIpc) is 2.75. The van der Waals surface area contributed by atoms with Crippen LogP contribution in [0.25, 0.3) is 21.9 Å². The third-order valence-corrected chi connectivity index (χ3v) is 5.89. The van der Waals surface area contributed by atoms with Gasteiger partial charge in [0, 0.05) is 4.90 Å². The molecule has 0 spiro atoms. The molecule has 0 unspecified atom stereocenters. The fourth-order valence-corrected chi connectivity index (χ4v) is 4.25. The number of anilines is 1. The van der Waals surface area contributed by atoms with Crippen molar-refractivity contribution >= 4 is 64.2 Å². The van der Waals surface area contributed by atoms with Crippen molar-refractivity contribution in [2.24, 2.45) is 0 Å². The third-order valence-electron chi connectivity index (χ3n) is 4.78. The quantitative estimate of drug-likeness (QED) is 0.283. The highest BCUT2D eigenvalue weighted by Crippen LogP contribution is 2.36. The molecule has 4 aromatic rings.